The molecule has 2 aliphatic rings. The summed E-state index contributed by atoms with van der Waals surface area (Å²) in [6.45, 7) is 0.653. The maximum atomic E-state index is 11.9. The van der Waals surface area contributed by atoms with E-state index < -0.39 is 24.6 Å². The molecule has 8 nitrogen and oxygen atoms in total. The second-order valence-corrected chi connectivity index (χ2v) is 4.59. The first-order valence-electron chi connectivity index (χ1n) is 6.69. The van der Waals surface area contributed by atoms with Gasteiger partial charge in [0, 0.05) is 0 Å². The summed E-state index contributed by atoms with van der Waals surface area (Å²) < 4.78 is 20.3. The molecule has 1 fully saturated rings. The fourth-order valence-corrected chi connectivity index (χ4v) is 2.08. The first-order chi connectivity index (χ1) is 10.6. The van der Waals surface area contributed by atoms with Gasteiger partial charge in [-0.3, -0.25) is 4.79 Å². The molecule has 0 aliphatic carbocycles. The van der Waals surface area contributed by atoms with Gasteiger partial charge in [-0.2, -0.15) is 0 Å². The summed E-state index contributed by atoms with van der Waals surface area (Å²) in [6.07, 6.45) is -0.722. The molecule has 116 valence electrons. The molecule has 0 atom stereocenters. The Hall–Kier alpha value is -2.77. The molecule has 1 saturated heterocycles. The van der Waals surface area contributed by atoms with Crippen LogP contribution in [-0.2, 0) is 14.3 Å². The van der Waals surface area contributed by atoms with Crippen LogP contribution in [0.1, 0.15) is 10.4 Å². The number of cyclic esters (lactones) is 1. The van der Waals surface area contributed by atoms with E-state index in [1.165, 1.54) is 12.1 Å². The molecule has 0 spiro atoms. The van der Waals surface area contributed by atoms with E-state index in [4.69, 9.17) is 14.2 Å². The lowest BCUT2D eigenvalue weighted by Crippen LogP contribution is -2.35. The van der Waals surface area contributed by atoms with Crippen LogP contribution in [0.15, 0.2) is 18.2 Å². The van der Waals surface area contributed by atoms with Gasteiger partial charge in [0.2, 0.25) is 0 Å². The van der Waals surface area contributed by atoms with Gasteiger partial charge in [-0.05, 0) is 18.2 Å². The van der Waals surface area contributed by atoms with E-state index in [1.807, 2.05) is 0 Å². The second kappa shape index (κ2) is 5.92. The van der Waals surface area contributed by atoms with E-state index in [1.54, 1.807) is 6.07 Å². The van der Waals surface area contributed by atoms with E-state index in [2.05, 4.69) is 4.74 Å². The molecule has 0 aromatic heterocycles. The Morgan fingerprint density at radius 1 is 1.09 bits per heavy atom. The summed E-state index contributed by atoms with van der Waals surface area (Å²) in [6, 6.07) is 4.61. The summed E-state index contributed by atoms with van der Waals surface area (Å²) in [4.78, 5) is 35.8. The largest absolute Gasteiger partial charge is 0.486 e. The molecule has 0 saturated carbocycles. The van der Waals surface area contributed by atoms with Crippen molar-refractivity contribution in [3.05, 3.63) is 23.8 Å². The van der Waals surface area contributed by atoms with Gasteiger partial charge in [0.05, 0.1) is 12.1 Å². The Morgan fingerprint density at radius 3 is 2.59 bits per heavy atom. The van der Waals surface area contributed by atoms with Gasteiger partial charge >= 0.3 is 12.1 Å². The molecule has 0 bridgehead atoms. The third-order valence-corrected chi connectivity index (χ3v) is 3.17. The number of carbonyl (C=O) groups is 3. The van der Waals surface area contributed by atoms with E-state index in [9.17, 15) is 14.4 Å². The van der Waals surface area contributed by atoms with Gasteiger partial charge in [0.25, 0.3) is 5.91 Å². The lowest BCUT2D eigenvalue weighted by atomic mass is 10.2. The number of carbonyl (C=O) groups excluding carboxylic acids is 3. The SMILES string of the molecule is O=C(OCC(=O)N1CCOC1=O)c1ccc2c(c1)OCCO2. The molecule has 0 N–H and O–H groups in total. The molecule has 2 aliphatic heterocycles. The van der Waals surface area contributed by atoms with Crippen molar-refractivity contribution >= 4 is 18.0 Å². The number of hydrogen-bond acceptors (Lipinski definition) is 7. The normalized spacial score (nSPS) is 16.2. The number of fused-ring (bicyclic) bond motifs is 1. The van der Waals surface area contributed by atoms with Gasteiger partial charge in [0.1, 0.15) is 19.8 Å². The first kappa shape index (κ1) is 14.2. The fourth-order valence-electron chi connectivity index (χ4n) is 2.08. The predicted octanol–water partition coefficient (Wildman–Crippen LogP) is 0.593. The molecule has 2 amide bonds. The van der Waals surface area contributed by atoms with Gasteiger partial charge in [-0.1, -0.05) is 0 Å². The zero-order valence-electron chi connectivity index (χ0n) is 11.6. The van der Waals surface area contributed by atoms with Gasteiger partial charge in [-0.25, -0.2) is 14.5 Å². The average molecular weight is 307 g/mol. The van der Waals surface area contributed by atoms with Crippen LogP contribution in [0.3, 0.4) is 0 Å². The zero-order valence-corrected chi connectivity index (χ0v) is 11.6. The Morgan fingerprint density at radius 2 is 1.86 bits per heavy atom. The number of rotatable bonds is 3. The molecular formula is C14H13NO7. The summed E-state index contributed by atoms with van der Waals surface area (Å²) in [5.41, 5.74) is 0.237. The van der Waals surface area contributed by atoms with Crippen LogP contribution >= 0.6 is 0 Å². The number of imide groups is 1. The Labute approximate surface area is 125 Å². The molecule has 2 heterocycles. The third-order valence-electron chi connectivity index (χ3n) is 3.17. The quantitative estimate of drug-likeness (QED) is 0.755. The van der Waals surface area contributed by atoms with Crippen LogP contribution in [0.2, 0.25) is 0 Å². The van der Waals surface area contributed by atoms with E-state index in [0.717, 1.165) is 4.90 Å². The number of benzene rings is 1. The fraction of sp³-hybridized carbons (Fsp3) is 0.357. The van der Waals surface area contributed by atoms with Crippen LogP contribution in [0.25, 0.3) is 0 Å². The average Bonchev–Trinajstić information content (AvgIpc) is 2.98. The predicted molar refractivity (Wildman–Crippen MR) is 70.8 cm³/mol. The molecule has 22 heavy (non-hydrogen) atoms. The van der Waals surface area contributed by atoms with Crippen LogP contribution in [0.4, 0.5) is 4.79 Å². The Balaban J connectivity index is 1.60. The first-order valence-corrected chi connectivity index (χ1v) is 6.69. The number of esters is 1. The molecule has 8 heteroatoms. The van der Waals surface area contributed by atoms with Gasteiger partial charge in [-0.15, -0.1) is 0 Å². The lowest BCUT2D eigenvalue weighted by molar-refractivity contribution is -0.131. The maximum absolute atomic E-state index is 11.9. The highest BCUT2D eigenvalue weighted by Gasteiger charge is 2.29. The van der Waals surface area contributed by atoms with Crippen molar-refractivity contribution < 1.29 is 33.3 Å². The number of amides is 2. The molecule has 1 aromatic carbocycles. The highest BCUT2D eigenvalue weighted by molar-refractivity contribution is 5.96. The topological polar surface area (TPSA) is 91.4 Å². The Bertz CT molecular complexity index is 628. The number of hydrogen-bond donors (Lipinski definition) is 0. The van der Waals surface area contributed by atoms with Crippen molar-refractivity contribution in [3.63, 3.8) is 0 Å². The summed E-state index contributed by atoms with van der Waals surface area (Å²) >= 11 is 0. The van der Waals surface area contributed by atoms with E-state index in [-0.39, 0.29) is 18.7 Å². The van der Waals surface area contributed by atoms with Crippen molar-refractivity contribution in [2.75, 3.05) is 33.0 Å². The van der Waals surface area contributed by atoms with Crippen molar-refractivity contribution in [2.45, 2.75) is 0 Å². The molecule has 0 unspecified atom stereocenters. The van der Waals surface area contributed by atoms with Crippen molar-refractivity contribution in [2.24, 2.45) is 0 Å². The van der Waals surface area contributed by atoms with Crippen LogP contribution in [-0.4, -0.2) is 55.8 Å². The third kappa shape index (κ3) is 2.80. The van der Waals surface area contributed by atoms with Crippen LogP contribution in [0.5, 0.6) is 11.5 Å². The highest BCUT2D eigenvalue weighted by Crippen LogP contribution is 2.30. The standard InChI is InChI=1S/C14H13NO7/c16-12(15-3-4-21-14(15)18)8-22-13(17)9-1-2-10-11(7-9)20-6-5-19-10/h1-2,7H,3-6,8H2. The minimum Gasteiger partial charge on any atom is -0.486 e. The zero-order chi connectivity index (χ0) is 15.5. The van der Waals surface area contributed by atoms with E-state index in [0.29, 0.717) is 24.7 Å². The highest BCUT2D eigenvalue weighted by atomic mass is 16.6. The van der Waals surface area contributed by atoms with Crippen molar-refractivity contribution in [1.29, 1.82) is 0 Å². The number of nitrogens with zero attached hydrogens (tertiary/aromatic N) is 1. The summed E-state index contributed by atoms with van der Waals surface area (Å²) in [5, 5.41) is 0. The minimum absolute atomic E-state index is 0.153. The summed E-state index contributed by atoms with van der Waals surface area (Å²) in [5.74, 6) is -0.292. The second-order valence-electron chi connectivity index (χ2n) is 4.59. The molecule has 0 radical (unpaired) electrons. The maximum Gasteiger partial charge on any atom is 0.416 e. The lowest BCUT2D eigenvalue weighted by Gasteiger charge is -2.18. The monoisotopic (exact) mass is 307 g/mol. The molecule has 1 aromatic rings. The summed E-state index contributed by atoms with van der Waals surface area (Å²) in [7, 11) is 0. The van der Waals surface area contributed by atoms with Gasteiger partial charge in [0.15, 0.2) is 18.1 Å². The Kier molecular flexibility index (Phi) is 3.82. The minimum atomic E-state index is -0.722. The van der Waals surface area contributed by atoms with Gasteiger partial charge < -0.3 is 18.9 Å². The number of ether oxygens (including phenoxy) is 4. The van der Waals surface area contributed by atoms with Crippen LogP contribution < -0.4 is 9.47 Å². The van der Waals surface area contributed by atoms with Crippen molar-refractivity contribution in [3.8, 4) is 11.5 Å². The van der Waals surface area contributed by atoms with E-state index >= 15 is 0 Å². The van der Waals surface area contributed by atoms with Crippen molar-refractivity contribution in [1.82, 2.24) is 4.90 Å². The van der Waals surface area contributed by atoms with Crippen LogP contribution in [0, 0.1) is 0 Å². The smallest absolute Gasteiger partial charge is 0.416 e. The molecule has 3 rings (SSSR count). The molecular weight excluding hydrogens is 294 g/mol.